The number of hydrogen-bond donors (Lipinski definition) is 2. The van der Waals surface area contributed by atoms with Gasteiger partial charge in [-0.1, -0.05) is 12.1 Å². The fourth-order valence-corrected chi connectivity index (χ4v) is 3.78. The van der Waals surface area contributed by atoms with Gasteiger partial charge in [0, 0.05) is 25.8 Å². The number of hydrogen-bond acceptors (Lipinski definition) is 6. The molecule has 0 atom stereocenters. The zero-order valence-corrected chi connectivity index (χ0v) is 17.3. The van der Waals surface area contributed by atoms with Crippen molar-refractivity contribution in [3.63, 3.8) is 0 Å². The van der Waals surface area contributed by atoms with Crippen LogP contribution in [0.3, 0.4) is 0 Å². The number of nitrogens with one attached hydrogen (secondary N) is 1. The van der Waals surface area contributed by atoms with E-state index in [0.717, 1.165) is 12.1 Å². The molecule has 2 N–H and O–H groups in total. The molecule has 152 valence electrons. The van der Waals surface area contributed by atoms with E-state index >= 15 is 0 Å². The molecule has 0 unspecified atom stereocenters. The number of aromatic carboxylic acids is 1. The van der Waals surface area contributed by atoms with Gasteiger partial charge in [0.15, 0.2) is 5.82 Å². The Hall–Kier alpha value is -2.65. The van der Waals surface area contributed by atoms with Crippen molar-refractivity contribution >= 4 is 27.5 Å². The second-order valence-corrected chi connectivity index (χ2v) is 8.39. The van der Waals surface area contributed by atoms with Gasteiger partial charge in [-0.25, -0.2) is 18.2 Å². The van der Waals surface area contributed by atoms with Crippen LogP contribution in [0.2, 0.25) is 0 Å². The number of aromatic nitrogens is 1. The summed E-state index contributed by atoms with van der Waals surface area (Å²) in [4.78, 5) is 19.6. The third-order valence-corrected chi connectivity index (χ3v) is 5.52. The molecule has 0 aliphatic carbocycles. The van der Waals surface area contributed by atoms with Crippen molar-refractivity contribution in [1.29, 1.82) is 0 Å². The largest absolute Gasteiger partial charge is 0.478 e. The van der Waals surface area contributed by atoms with Crippen molar-refractivity contribution < 1.29 is 18.3 Å². The second-order valence-electron chi connectivity index (χ2n) is 6.71. The zero-order valence-electron chi connectivity index (χ0n) is 16.5. The summed E-state index contributed by atoms with van der Waals surface area (Å²) in [5, 5.41) is 9.29. The van der Waals surface area contributed by atoms with E-state index < -0.39 is 16.0 Å². The van der Waals surface area contributed by atoms with E-state index in [1.165, 1.54) is 18.3 Å². The predicted molar refractivity (Wildman–Crippen MR) is 110 cm³/mol. The highest BCUT2D eigenvalue weighted by atomic mass is 32.2. The zero-order chi connectivity index (χ0) is 20.9. The molecule has 0 aliphatic heterocycles. The van der Waals surface area contributed by atoms with Gasteiger partial charge in [0.05, 0.1) is 16.1 Å². The summed E-state index contributed by atoms with van der Waals surface area (Å²) < 4.78 is 28.2. The molecule has 0 spiro atoms. The minimum atomic E-state index is -3.89. The Morgan fingerprint density at radius 1 is 1.21 bits per heavy atom. The Morgan fingerprint density at radius 2 is 1.93 bits per heavy atom. The van der Waals surface area contributed by atoms with Crippen LogP contribution in [0.5, 0.6) is 0 Å². The lowest BCUT2D eigenvalue weighted by atomic mass is 10.2. The number of carboxylic acid groups (broad SMARTS) is 1. The van der Waals surface area contributed by atoms with E-state index in [1.807, 2.05) is 30.8 Å². The average molecular weight is 407 g/mol. The van der Waals surface area contributed by atoms with Gasteiger partial charge in [0.1, 0.15) is 0 Å². The van der Waals surface area contributed by atoms with E-state index in [0.29, 0.717) is 18.9 Å². The maximum Gasteiger partial charge on any atom is 0.337 e. The summed E-state index contributed by atoms with van der Waals surface area (Å²) in [6.45, 7) is 5.67. The lowest BCUT2D eigenvalue weighted by Crippen LogP contribution is -2.33. The van der Waals surface area contributed by atoms with Crippen molar-refractivity contribution in [3.05, 3.63) is 47.7 Å². The van der Waals surface area contributed by atoms with Crippen molar-refractivity contribution in [2.75, 3.05) is 43.4 Å². The van der Waals surface area contributed by atoms with E-state index in [-0.39, 0.29) is 16.1 Å². The Balaban J connectivity index is 2.47. The van der Waals surface area contributed by atoms with Crippen LogP contribution in [0.4, 0.5) is 11.5 Å². The Bertz CT molecular complexity index is 945. The molecule has 28 heavy (non-hydrogen) atoms. The van der Waals surface area contributed by atoms with Gasteiger partial charge >= 0.3 is 5.97 Å². The topological polar surface area (TPSA) is 103 Å². The number of likely N-dealkylation sites (N-methyl/N-ethyl adjacent to an activating group) is 2. The molecule has 1 heterocycles. The van der Waals surface area contributed by atoms with Crippen molar-refractivity contribution in [2.24, 2.45) is 0 Å². The Morgan fingerprint density at radius 3 is 2.50 bits per heavy atom. The Kier molecular flexibility index (Phi) is 6.98. The maximum atomic E-state index is 12.9. The lowest BCUT2D eigenvalue weighted by Gasteiger charge is -2.26. The number of carbonyl (C=O) groups is 1. The molecule has 0 aliphatic rings. The monoisotopic (exact) mass is 406 g/mol. The van der Waals surface area contributed by atoms with Crippen LogP contribution in [-0.2, 0) is 10.0 Å². The van der Waals surface area contributed by atoms with E-state index in [2.05, 4.69) is 9.71 Å². The number of anilines is 2. The van der Waals surface area contributed by atoms with Crippen LogP contribution in [0.25, 0.3) is 0 Å². The number of carboxylic acids is 1. The minimum absolute atomic E-state index is 0.0886. The molecule has 1 aromatic carbocycles. The molecule has 0 amide bonds. The van der Waals surface area contributed by atoms with Crippen molar-refractivity contribution in [2.45, 2.75) is 18.7 Å². The SMILES string of the molecule is CCN(CCN(C)C)c1ncc(C(=O)O)cc1NS(=O)(=O)c1cccc(C)c1. The molecule has 2 rings (SSSR count). The molecule has 0 saturated carbocycles. The molecule has 0 fully saturated rings. The van der Waals surface area contributed by atoms with Crippen molar-refractivity contribution in [1.82, 2.24) is 9.88 Å². The van der Waals surface area contributed by atoms with Crippen LogP contribution in [0.1, 0.15) is 22.8 Å². The normalized spacial score (nSPS) is 11.5. The first-order chi connectivity index (χ1) is 13.1. The first-order valence-corrected chi connectivity index (χ1v) is 10.3. The Labute approximate surface area is 165 Å². The minimum Gasteiger partial charge on any atom is -0.478 e. The van der Waals surface area contributed by atoms with Gasteiger partial charge in [-0.3, -0.25) is 4.72 Å². The standard InChI is InChI=1S/C19H26N4O4S/c1-5-23(10-9-22(3)4)18-17(12-15(13-20-18)19(24)25)21-28(26,27)16-8-6-7-14(2)11-16/h6-8,11-13,21H,5,9-10H2,1-4H3,(H,24,25). The number of rotatable bonds is 9. The van der Waals surface area contributed by atoms with E-state index in [4.69, 9.17) is 0 Å². The first-order valence-electron chi connectivity index (χ1n) is 8.86. The van der Waals surface area contributed by atoms with Gasteiger partial charge in [0.2, 0.25) is 0 Å². The predicted octanol–water partition coefficient (Wildman–Crippen LogP) is 2.28. The van der Waals surface area contributed by atoms with Crippen LogP contribution in [0.15, 0.2) is 41.4 Å². The third kappa shape index (κ3) is 5.43. The van der Waals surface area contributed by atoms with Crippen LogP contribution in [0, 0.1) is 6.92 Å². The van der Waals surface area contributed by atoms with Gasteiger partial charge in [-0.15, -0.1) is 0 Å². The number of aryl methyl sites for hydroxylation is 1. The highest BCUT2D eigenvalue weighted by Crippen LogP contribution is 2.27. The van der Waals surface area contributed by atoms with Gasteiger partial charge in [-0.05, 0) is 51.7 Å². The highest BCUT2D eigenvalue weighted by molar-refractivity contribution is 7.92. The summed E-state index contributed by atoms with van der Waals surface area (Å²) in [6, 6.07) is 7.81. The van der Waals surface area contributed by atoms with Gasteiger partial charge in [-0.2, -0.15) is 0 Å². The van der Waals surface area contributed by atoms with E-state index in [9.17, 15) is 18.3 Å². The molecule has 1 aromatic heterocycles. The molecule has 0 saturated heterocycles. The van der Waals surface area contributed by atoms with Crippen LogP contribution < -0.4 is 9.62 Å². The number of sulfonamides is 1. The molecule has 2 aromatic rings. The van der Waals surface area contributed by atoms with Crippen LogP contribution in [-0.4, -0.2) is 63.1 Å². The summed E-state index contributed by atoms with van der Waals surface area (Å²) >= 11 is 0. The fraction of sp³-hybridized carbons (Fsp3) is 0.368. The lowest BCUT2D eigenvalue weighted by molar-refractivity contribution is 0.0696. The number of benzene rings is 1. The molecule has 9 heteroatoms. The average Bonchev–Trinajstić information content (AvgIpc) is 2.62. The summed E-state index contributed by atoms with van der Waals surface area (Å²) in [7, 11) is -0.0126. The summed E-state index contributed by atoms with van der Waals surface area (Å²) in [5.74, 6) is -0.781. The molecule has 0 bridgehead atoms. The van der Waals surface area contributed by atoms with Gasteiger partial charge in [0.25, 0.3) is 10.0 Å². The van der Waals surface area contributed by atoms with E-state index in [1.54, 1.807) is 25.1 Å². The molecular formula is C19H26N4O4S. The molecule has 0 radical (unpaired) electrons. The molecule has 8 nitrogen and oxygen atoms in total. The molecular weight excluding hydrogens is 380 g/mol. The quantitative estimate of drug-likeness (QED) is 0.658. The summed E-state index contributed by atoms with van der Waals surface area (Å²) in [5.41, 5.74) is 0.859. The number of pyridine rings is 1. The maximum absolute atomic E-state index is 12.9. The smallest absolute Gasteiger partial charge is 0.337 e. The second kappa shape index (κ2) is 9.03. The number of nitrogens with zero attached hydrogens (tertiary/aromatic N) is 3. The van der Waals surface area contributed by atoms with Gasteiger partial charge < -0.3 is 14.9 Å². The van der Waals surface area contributed by atoms with Crippen LogP contribution >= 0.6 is 0 Å². The summed E-state index contributed by atoms with van der Waals surface area (Å²) in [6.07, 6.45) is 1.24. The van der Waals surface area contributed by atoms with Crippen molar-refractivity contribution in [3.8, 4) is 0 Å². The first kappa shape index (κ1) is 21.6. The highest BCUT2D eigenvalue weighted by Gasteiger charge is 2.21. The fourth-order valence-electron chi connectivity index (χ4n) is 2.62. The third-order valence-electron chi connectivity index (χ3n) is 4.16.